The van der Waals surface area contributed by atoms with Crippen molar-refractivity contribution in [3.63, 3.8) is 0 Å². The van der Waals surface area contributed by atoms with Gasteiger partial charge >= 0.3 is 0 Å². The summed E-state index contributed by atoms with van der Waals surface area (Å²) < 4.78 is 13.6. The minimum Gasteiger partial charge on any atom is -0.297 e. The lowest BCUT2D eigenvalue weighted by Crippen LogP contribution is -2.31. The fourth-order valence-electron chi connectivity index (χ4n) is 1.70. The summed E-state index contributed by atoms with van der Waals surface area (Å²) in [6.07, 6.45) is 0. The molecule has 0 fully saturated rings. The van der Waals surface area contributed by atoms with Crippen LogP contribution < -0.4 is 0 Å². The van der Waals surface area contributed by atoms with Crippen molar-refractivity contribution in [1.29, 1.82) is 0 Å². The number of likely N-dealkylation sites (N-methyl/N-ethyl adjacent to an activating group) is 1. The molecular formula is C13H18FNO. The average molecular weight is 223 g/mol. The zero-order valence-electron chi connectivity index (χ0n) is 10.2. The summed E-state index contributed by atoms with van der Waals surface area (Å²) in [4.78, 5) is 13.8. The van der Waals surface area contributed by atoms with Gasteiger partial charge in [-0.05, 0) is 20.2 Å². The topological polar surface area (TPSA) is 20.3 Å². The van der Waals surface area contributed by atoms with Crippen molar-refractivity contribution in [1.82, 2.24) is 4.90 Å². The molecule has 0 radical (unpaired) electrons. The molecule has 0 unspecified atom stereocenters. The summed E-state index contributed by atoms with van der Waals surface area (Å²) in [7, 11) is 3.58. The van der Waals surface area contributed by atoms with Gasteiger partial charge in [0, 0.05) is 11.5 Å². The molecule has 0 aliphatic rings. The van der Waals surface area contributed by atoms with Gasteiger partial charge in [0.25, 0.3) is 0 Å². The standard InChI is InChI=1S/C13H18FNO/c1-9(2)13(16)12(15(3)4)10-7-5-6-8-11(10)14/h5-9,12H,1-4H3/t12-/m1/s1. The second-order valence-corrected chi connectivity index (χ2v) is 4.44. The van der Waals surface area contributed by atoms with E-state index >= 15 is 0 Å². The van der Waals surface area contributed by atoms with Crippen LogP contribution in [0.15, 0.2) is 24.3 Å². The van der Waals surface area contributed by atoms with Gasteiger partial charge in [0.15, 0.2) is 5.78 Å². The first-order valence-corrected chi connectivity index (χ1v) is 5.39. The van der Waals surface area contributed by atoms with Crippen LogP contribution in [0.1, 0.15) is 25.5 Å². The number of ketones is 1. The zero-order chi connectivity index (χ0) is 12.3. The summed E-state index contributed by atoms with van der Waals surface area (Å²) in [6, 6.07) is 5.94. The molecule has 0 aromatic heterocycles. The maximum atomic E-state index is 13.6. The highest BCUT2D eigenvalue weighted by atomic mass is 19.1. The van der Waals surface area contributed by atoms with Crippen LogP contribution in [0.2, 0.25) is 0 Å². The van der Waals surface area contributed by atoms with E-state index in [0.29, 0.717) is 5.56 Å². The van der Waals surface area contributed by atoms with Crippen molar-refractivity contribution in [2.24, 2.45) is 5.92 Å². The Kier molecular flexibility index (Phi) is 4.19. The van der Waals surface area contributed by atoms with Crippen LogP contribution in [0.5, 0.6) is 0 Å². The van der Waals surface area contributed by atoms with Gasteiger partial charge < -0.3 is 0 Å². The molecule has 0 saturated carbocycles. The van der Waals surface area contributed by atoms with E-state index in [1.54, 1.807) is 37.2 Å². The van der Waals surface area contributed by atoms with Gasteiger partial charge in [-0.25, -0.2) is 4.39 Å². The maximum absolute atomic E-state index is 13.6. The predicted molar refractivity (Wildman–Crippen MR) is 62.7 cm³/mol. The van der Waals surface area contributed by atoms with Crippen molar-refractivity contribution in [3.05, 3.63) is 35.6 Å². The van der Waals surface area contributed by atoms with E-state index in [0.717, 1.165) is 0 Å². The highest BCUT2D eigenvalue weighted by molar-refractivity contribution is 5.86. The molecule has 2 nitrogen and oxygen atoms in total. The summed E-state index contributed by atoms with van der Waals surface area (Å²) in [5, 5.41) is 0. The third-order valence-corrected chi connectivity index (χ3v) is 2.55. The molecule has 0 N–H and O–H groups in total. The van der Waals surface area contributed by atoms with Crippen LogP contribution in [0.4, 0.5) is 4.39 Å². The molecule has 1 aromatic carbocycles. The lowest BCUT2D eigenvalue weighted by atomic mass is 9.94. The van der Waals surface area contributed by atoms with Crippen molar-refractivity contribution in [2.45, 2.75) is 19.9 Å². The Morgan fingerprint density at radius 1 is 1.25 bits per heavy atom. The van der Waals surface area contributed by atoms with Crippen LogP contribution in [0.3, 0.4) is 0 Å². The van der Waals surface area contributed by atoms with Crippen molar-refractivity contribution in [3.8, 4) is 0 Å². The van der Waals surface area contributed by atoms with E-state index in [1.807, 2.05) is 13.8 Å². The van der Waals surface area contributed by atoms with Gasteiger partial charge in [0.2, 0.25) is 0 Å². The Morgan fingerprint density at radius 3 is 2.25 bits per heavy atom. The SMILES string of the molecule is CC(C)C(=O)[C@@H](c1ccccc1F)N(C)C. The molecule has 88 valence electrons. The normalized spacial score (nSPS) is 13.2. The van der Waals surface area contributed by atoms with Crippen LogP contribution in [-0.4, -0.2) is 24.8 Å². The second-order valence-electron chi connectivity index (χ2n) is 4.44. The molecule has 0 aliphatic heterocycles. The molecule has 0 saturated heterocycles. The number of rotatable bonds is 4. The molecule has 0 aliphatic carbocycles. The van der Waals surface area contributed by atoms with E-state index in [4.69, 9.17) is 0 Å². The van der Waals surface area contributed by atoms with Gasteiger partial charge in [-0.1, -0.05) is 32.0 Å². The van der Waals surface area contributed by atoms with Crippen molar-refractivity contribution in [2.75, 3.05) is 14.1 Å². The summed E-state index contributed by atoms with van der Waals surface area (Å²) >= 11 is 0. The number of hydrogen-bond donors (Lipinski definition) is 0. The number of carbonyl (C=O) groups is 1. The van der Waals surface area contributed by atoms with Crippen LogP contribution in [0, 0.1) is 11.7 Å². The Hall–Kier alpha value is -1.22. The highest BCUT2D eigenvalue weighted by Gasteiger charge is 2.27. The second kappa shape index (κ2) is 5.21. The van der Waals surface area contributed by atoms with Crippen molar-refractivity contribution >= 4 is 5.78 Å². The number of benzene rings is 1. The third-order valence-electron chi connectivity index (χ3n) is 2.55. The number of Topliss-reactive ketones (excluding diaryl/α,β-unsaturated/α-hetero) is 1. The minimum absolute atomic E-state index is 0.0371. The molecule has 1 atom stereocenters. The highest BCUT2D eigenvalue weighted by Crippen LogP contribution is 2.24. The third kappa shape index (κ3) is 2.67. The number of nitrogens with zero attached hydrogens (tertiary/aromatic N) is 1. The molecule has 0 bridgehead atoms. The first-order valence-electron chi connectivity index (χ1n) is 5.39. The lowest BCUT2D eigenvalue weighted by molar-refractivity contribution is -0.126. The Balaban J connectivity index is 3.13. The van der Waals surface area contributed by atoms with E-state index in [2.05, 4.69) is 0 Å². The quantitative estimate of drug-likeness (QED) is 0.782. The summed E-state index contributed by atoms with van der Waals surface area (Å²) in [5.74, 6) is -0.391. The fourth-order valence-corrected chi connectivity index (χ4v) is 1.70. The number of halogens is 1. The summed E-state index contributed by atoms with van der Waals surface area (Å²) in [6.45, 7) is 3.67. The number of hydrogen-bond acceptors (Lipinski definition) is 2. The average Bonchev–Trinajstić information content (AvgIpc) is 2.20. The molecule has 1 rings (SSSR count). The van der Waals surface area contributed by atoms with Gasteiger partial charge in [0.1, 0.15) is 5.82 Å². The van der Waals surface area contributed by atoms with E-state index < -0.39 is 6.04 Å². The van der Waals surface area contributed by atoms with Gasteiger partial charge in [-0.2, -0.15) is 0 Å². The monoisotopic (exact) mass is 223 g/mol. The molecule has 0 spiro atoms. The van der Waals surface area contributed by atoms with Gasteiger partial charge in [-0.15, -0.1) is 0 Å². The Labute approximate surface area is 96.1 Å². The lowest BCUT2D eigenvalue weighted by Gasteiger charge is -2.25. The largest absolute Gasteiger partial charge is 0.297 e. The van der Waals surface area contributed by atoms with Gasteiger partial charge in [0.05, 0.1) is 6.04 Å². The van der Waals surface area contributed by atoms with Crippen LogP contribution in [-0.2, 0) is 4.79 Å². The molecule has 1 aromatic rings. The van der Waals surface area contributed by atoms with E-state index in [9.17, 15) is 9.18 Å². The van der Waals surface area contributed by atoms with E-state index in [1.165, 1.54) is 6.07 Å². The van der Waals surface area contributed by atoms with Crippen molar-refractivity contribution < 1.29 is 9.18 Å². The molecule has 0 amide bonds. The number of carbonyl (C=O) groups excluding carboxylic acids is 1. The zero-order valence-corrected chi connectivity index (χ0v) is 10.2. The Bertz CT molecular complexity index is 374. The first-order chi connectivity index (χ1) is 7.45. The first kappa shape index (κ1) is 12.8. The minimum atomic E-state index is -0.499. The van der Waals surface area contributed by atoms with Crippen LogP contribution >= 0.6 is 0 Å². The van der Waals surface area contributed by atoms with E-state index in [-0.39, 0.29) is 17.5 Å². The fraction of sp³-hybridized carbons (Fsp3) is 0.462. The molecule has 16 heavy (non-hydrogen) atoms. The molecular weight excluding hydrogens is 205 g/mol. The molecule has 3 heteroatoms. The van der Waals surface area contributed by atoms with Crippen LogP contribution in [0.25, 0.3) is 0 Å². The molecule has 0 heterocycles. The summed E-state index contributed by atoms with van der Waals surface area (Å²) in [5.41, 5.74) is 0.450. The Morgan fingerprint density at radius 2 is 1.81 bits per heavy atom. The van der Waals surface area contributed by atoms with Gasteiger partial charge in [-0.3, -0.25) is 9.69 Å². The maximum Gasteiger partial charge on any atom is 0.157 e. The smallest absolute Gasteiger partial charge is 0.157 e. The predicted octanol–water partition coefficient (Wildman–Crippen LogP) is 2.65.